The zero-order valence-electron chi connectivity index (χ0n) is 6.89. The third-order valence-corrected chi connectivity index (χ3v) is 3.44. The monoisotopic (exact) mass is 170 g/mol. The number of hydrogen-bond donors (Lipinski definition) is 1. The van der Waals surface area contributed by atoms with Crippen molar-refractivity contribution in [3.05, 3.63) is 0 Å². The van der Waals surface area contributed by atoms with E-state index in [1.807, 2.05) is 0 Å². The summed E-state index contributed by atoms with van der Waals surface area (Å²) in [5, 5.41) is 4.50. The maximum atomic E-state index is 4.49. The predicted octanol–water partition coefficient (Wildman–Crippen LogP) is 1.48. The first-order chi connectivity index (χ1) is 5.35. The molecule has 1 aliphatic carbocycles. The average molecular weight is 170 g/mol. The SMILES string of the molecule is CSC1=NCC2(CCC2)CN1. The van der Waals surface area contributed by atoms with Crippen molar-refractivity contribution in [1.82, 2.24) is 5.32 Å². The van der Waals surface area contributed by atoms with Gasteiger partial charge >= 0.3 is 0 Å². The first-order valence-corrected chi connectivity index (χ1v) is 5.39. The molecule has 62 valence electrons. The largest absolute Gasteiger partial charge is 0.364 e. The normalized spacial score (nSPS) is 27.2. The van der Waals surface area contributed by atoms with Crippen molar-refractivity contribution >= 4 is 16.9 Å². The Morgan fingerprint density at radius 1 is 1.55 bits per heavy atom. The molecule has 0 atom stereocenters. The van der Waals surface area contributed by atoms with Gasteiger partial charge in [-0.15, -0.1) is 0 Å². The Morgan fingerprint density at radius 2 is 2.36 bits per heavy atom. The van der Waals surface area contributed by atoms with E-state index >= 15 is 0 Å². The predicted molar refractivity (Wildman–Crippen MR) is 50.1 cm³/mol. The van der Waals surface area contributed by atoms with Gasteiger partial charge < -0.3 is 5.32 Å². The molecule has 1 heterocycles. The summed E-state index contributed by atoms with van der Waals surface area (Å²) in [6, 6.07) is 0. The molecule has 1 spiro atoms. The Bertz CT molecular complexity index is 185. The van der Waals surface area contributed by atoms with Crippen LogP contribution in [-0.4, -0.2) is 24.5 Å². The number of nitrogens with one attached hydrogen (secondary N) is 1. The molecule has 0 radical (unpaired) electrons. The molecule has 0 unspecified atom stereocenters. The number of amidine groups is 1. The van der Waals surface area contributed by atoms with Gasteiger partial charge in [-0.2, -0.15) is 0 Å². The van der Waals surface area contributed by atoms with Gasteiger partial charge in [0.1, 0.15) is 0 Å². The zero-order valence-corrected chi connectivity index (χ0v) is 7.71. The summed E-state index contributed by atoms with van der Waals surface area (Å²) in [5.41, 5.74) is 0.569. The maximum Gasteiger partial charge on any atom is 0.156 e. The smallest absolute Gasteiger partial charge is 0.156 e. The number of nitrogens with zero attached hydrogens (tertiary/aromatic N) is 1. The highest BCUT2D eigenvalue weighted by atomic mass is 32.2. The van der Waals surface area contributed by atoms with Crippen molar-refractivity contribution < 1.29 is 0 Å². The Balaban J connectivity index is 1.98. The molecule has 1 fully saturated rings. The molecule has 2 rings (SSSR count). The van der Waals surface area contributed by atoms with E-state index in [2.05, 4.69) is 16.6 Å². The lowest BCUT2D eigenvalue weighted by molar-refractivity contribution is 0.144. The summed E-state index contributed by atoms with van der Waals surface area (Å²) in [6.45, 7) is 2.23. The van der Waals surface area contributed by atoms with Crippen LogP contribution in [0.25, 0.3) is 0 Å². The molecule has 0 saturated heterocycles. The average Bonchev–Trinajstić information content (AvgIpc) is 2.02. The van der Waals surface area contributed by atoms with E-state index in [9.17, 15) is 0 Å². The van der Waals surface area contributed by atoms with Crippen LogP contribution in [0.4, 0.5) is 0 Å². The topological polar surface area (TPSA) is 24.4 Å². The highest BCUT2D eigenvalue weighted by Gasteiger charge is 2.38. The van der Waals surface area contributed by atoms with Crippen LogP contribution >= 0.6 is 11.8 Å². The van der Waals surface area contributed by atoms with Crippen LogP contribution in [-0.2, 0) is 0 Å². The van der Waals surface area contributed by atoms with Gasteiger partial charge in [-0.25, -0.2) is 0 Å². The van der Waals surface area contributed by atoms with Crippen molar-refractivity contribution in [3.8, 4) is 0 Å². The fraction of sp³-hybridized carbons (Fsp3) is 0.875. The summed E-state index contributed by atoms with van der Waals surface area (Å²) >= 11 is 1.72. The first kappa shape index (κ1) is 7.47. The van der Waals surface area contributed by atoms with Crippen molar-refractivity contribution in [2.75, 3.05) is 19.3 Å². The minimum absolute atomic E-state index is 0.569. The van der Waals surface area contributed by atoms with Crippen molar-refractivity contribution in [1.29, 1.82) is 0 Å². The Labute approximate surface area is 71.9 Å². The molecule has 2 nitrogen and oxygen atoms in total. The van der Waals surface area contributed by atoms with Crippen LogP contribution in [0, 0.1) is 5.41 Å². The van der Waals surface area contributed by atoms with Gasteiger partial charge in [-0.05, 0) is 19.1 Å². The van der Waals surface area contributed by atoms with Crippen LogP contribution in [0.2, 0.25) is 0 Å². The Hall–Kier alpha value is -0.180. The highest BCUT2D eigenvalue weighted by molar-refractivity contribution is 8.13. The molecule has 1 saturated carbocycles. The minimum Gasteiger partial charge on any atom is -0.364 e. The van der Waals surface area contributed by atoms with Crippen LogP contribution in [0.15, 0.2) is 4.99 Å². The number of thioether (sulfide) groups is 1. The summed E-state index contributed by atoms with van der Waals surface area (Å²) in [5.74, 6) is 0. The van der Waals surface area contributed by atoms with Gasteiger partial charge in [0.15, 0.2) is 5.17 Å². The molecule has 1 aliphatic heterocycles. The highest BCUT2D eigenvalue weighted by Crippen LogP contribution is 2.41. The summed E-state index contributed by atoms with van der Waals surface area (Å²) < 4.78 is 0. The fourth-order valence-corrected chi connectivity index (χ4v) is 2.17. The molecule has 0 bridgehead atoms. The molecule has 0 aromatic heterocycles. The standard InChI is InChI=1S/C8H14N2S/c1-11-7-9-5-8(6-10-7)3-2-4-8/h2-6H2,1H3,(H,9,10). The maximum absolute atomic E-state index is 4.49. The number of aliphatic imine (C=N–C) groups is 1. The quantitative estimate of drug-likeness (QED) is 0.595. The molecule has 0 amide bonds. The van der Waals surface area contributed by atoms with Crippen LogP contribution in [0.3, 0.4) is 0 Å². The molecule has 11 heavy (non-hydrogen) atoms. The summed E-state index contributed by atoms with van der Waals surface area (Å²) in [4.78, 5) is 4.49. The molecule has 0 aromatic rings. The van der Waals surface area contributed by atoms with Crippen LogP contribution in [0.5, 0.6) is 0 Å². The van der Waals surface area contributed by atoms with Crippen molar-refractivity contribution in [3.63, 3.8) is 0 Å². The number of rotatable bonds is 0. The van der Waals surface area contributed by atoms with Crippen LogP contribution in [0.1, 0.15) is 19.3 Å². The van der Waals surface area contributed by atoms with E-state index in [0.29, 0.717) is 5.41 Å². The third kappa shape index (κ3) is 1.26. The van der Waals surface area contributed by atoms with Gasteiger partial charge in [0.2, 0.25) is 0 Å². The van der Waals surface area contributed by atoms with E-state index in [1.165, 1.54) is 19.3 Å². The van der Waals surface area contributed by atoms with Gasteiger partial charge in [-0.1, -0.05) is 18.2 Å². The van der Waals surface area contributed by atoms with Crippen molar-refractivity contribution in [2.45, 2.75) is 19.3 Å². The minimum atomic E-state index is 0.569. The molecule has 2 aliphatic rings. The van der Waals surface area contributed by atoms with Gasteiger partial charge in [0, 0.05) is 18.5 Å². The van der Waals surface area contributed by atoms with Gasteiger partial charge in [-0.3, -0.25) is 4.99 Å². The molecular formula is C8H14N2S. The second-order valence-electron chi connectivity index (χ2n) is 3.53. The lowest BCUT2D eigenvalue weighted by Gasteiger charge is -2.43. The van der Waals surface area contributed by atoms with Crippen LogP contribution < -0.4 is 5.32 Å². The third-order valence-electron chi connectivity index (χ3n) is 2.78. The summed E-state index contributed by atoms with van der Waals surface area (Å²) in [6.07, 6.45) is 6.24. The van der Waals surface area contributed by atoms with Gasteiger partial charge in [0.05, 0.1) is 0 Å². The lowest BCUT2D eigenvalue weighted by atomic mass is 9.68. The van der Waals surface area contributed by atoms with E-state index in [-0.39, 0.29) is 0 Å². The summed E-state index contributed by atoms with van der Waals surface area (Å²) in [7, 11) is 0. The first-order valence-electron chi connectivity index (χ1n) is 4.17. The van der Waals surface area contributed by atoms with E-state index in [4.69, 9.17) is 0 Å². The van der Waals surface area contributed by atoms with Crippen molar-refractivity contribution in [2.24, 2.45) is 10.4 Å². The zero-order chi connectivity index (χ0) is 7.73. The fourth-order valence-electron chi connectivity index (χ4n) is 1.76. The lowest BCUT2D eigenvalue weighted by Crippen LogP contribution is -2.47. The van der Waals surface area contributed by atoms with E-state index < -0.39 is 0 Å². The molecule has 0 aromatic carbocycles. The van der Waals surface area contributed by atoms with E-state index in [0.717, 1.165) is 18.3 Å². The number of hydrogen-bond acceptors (Lipinski definition) is 3. The Morgan fingerprint density at radius 3 is 2.73 bits per heavy atom. The van der Waals surface area contributed by atoms with Gasteiger partial charge in [0.25, 0.3) is 0 Å². The van der Waals surface area contributed by atoms with E-state index in [1.54, 1.807) is 11.8 Å². The Kier molecular flexibility index (Phi) is 1.83. The molecule has 1 N–H and O–H groups in total. The second-order valence-corrected chi connectivity index (χ2v) is 4.33. The molecule has 3 heteroatoms. The molecular weight excluding hydrogens is 156 g/mol. The second kappa shape index (κ2) is 2.70.